The van der Waals surface area contributed by atoms with Crippen LogP contribution < -0.4 is 0 Å². The zero-order valence-corrected chi connectivity index (χ0v) is 21.2. The Kier molecular flexibility index (Phi) is 6.40. The molecule has 35 heavy (non-hydrogen) atoms. The molecule has 4 aromatic rings. The second-order valence-electron chi connectivity index (χ2n) is 10.2. The summed E-state index contributed by atoms with van der Waals surface area (Å²) in [7, 11) is -0.604. The Bertz CT molecular complexity index is 1320. The van der Waals surface area contributed by atoms with Crippen LogP contribution in [0.3, 0.4) is 0 Å². The van der Waals surface area contributed by atoms with Crippen molar-refractivity contribution in [2.24, 2.45) is 0 Å². The monoisotopic (exact) mass is 495 g/mol. The van der Waals surface area contributed by atoms with Gasteiger partial charge in [0.1, 0.15) is 18.7 Å². The number of fused-ring (bicyclic) bond motifs is 2. The van der Waals surface area contributed by atoms with Crippen LogP contribution in [-0.2, 0) is 29.7 Å². The molecule has 1 aliphatic carbocycles. The number of aromatic nitrogens is 3. The molecule has 0 saturated carbocycles. The van der Waals surface area contributed by atoms with Gasteiger partial charge in [0, 0.05) is 22.9 Å². The van der Waals surface area contributed by atoms with E-state index in [-0.39, 0.29) is 0 Å². The van der Waals surface area contributed by atoms with E-state index in [0.29, 0.717) is 31.7 Å². The Morgan fingerprint density at radius 1 is 1.00 bits per heavy atom. The van der Waals surface area contributed by atoms with E-state index >= 15 is 0 Å². The number of hydrogen-bond donors (Lipinski definition) is 0. The molecular formula is C28H31F2N3OS. The van der Waals surface area contributed by atoms with Crippen molar-refractivity contribution in [1.29, 1.82) is 0 Å². The van der Waals surface area contributed by atoms with Crippen molar-refractivity contribution in [2.75, 3.05) is 31.1 Å². The lowest BCUT2D eigenvalue weighted by Gasteiger charge is -2.29. The number of rotatable bonds is 8. The van der Waals surface area contributed by atoms with Crippen LogP contribution in [0, 0.1) is 0 Å². The van der Waals surface area contributed by atoms with Gasteiger partial charge in [0.2, 0.25) is 6.43 Å². The molecule has 7 heteroatoms. The fraction of sp³-hybridized carbons (Fsp3) is 0.357. The molecule has 0 saturated heterocycles. The summed E-state index contributed by atoms with van der Waals surface area (Å²) in [6.45, 7) is 1.12. The van der Waals surface area contributed by atoms with Crippen LogP contribution in [-0.4, -0.2) is 52.1 Å². The number of halogens is 2. The first-order chi connectivity index (χ1) is 16.8. The highest BCUT2D eigenvalue weighted by Gasteiger charge is 2.46. The molecule has 0 fully saturated rings. The minimum absolute atomic E-state index is 0.341. The standard InChI is InChI=1S/C28H31F2N3OS/c1-35(2,3)14-13-34-19-33-12-11-24-25(31-18-32-26(24)33)20-9-6-10-23(15-20)28(27(29)30)16-21-7-4-5-8-22(21)17-28/h4-12,15,18,27H,13-14,16-17,19H2,1-3H3. The van der Waals surface area contributed by atoms with Gasteiger partial charge >= 0.3 is 0 Å². The maximum Gasteiger partial charge on any atom is 0.248 e. The Hall–Kier alpha value is -2.77. The third-order valence-electron chi connectivity index (χ3n) is 6.89. The predicted molar refractivity (Wildman–Crippen MR) is 141 cm³/mol. The molecule has 5 rings (SSSR count). The number of alkyl halides is 2. The zero-order valence-electron chi connectivity index (χ0n) is 20.4. The van der Waals surface area contributed by atoms with Gasteiger partial charge in [0.15, 0.2) is 0 Å². The SMILES string of the molecule is CS(C)(C)CCOCn1ccc2c(-c3cccc(C4(C(F)F)Cc5ccccc5C4)c3)ncnc21. The summed E-state index contributed by atoms with van der Waals surface area (Å²) in [4.78, 5) is 9.03. The van der Waals surface area contributed by atoms with Crippen molar-refractivity contribution in [3.63, 3.8) is 0 Å². The fourth-order valence-electron chi connectivity index (χ4n) is 4.91. The molecule has 184 valence electrons. The van der Waals surface area contributed by atoms with E-state index in [4.69, 9.17) is 4.74 Å². The van der Waals surface area contributed by atoms with E-state index in [9.17, 15) is 8.78 Å². The Morgan fingerprint density at radius 3 is 2.43 bits per heavy atom. The van der Waals surface area contributed by atoms with Gasteiger partial charge in [-0.2, -0.15) is 0 Å². The van der Waals surface area contributed by atoms with Gasteiger partial charge in [-0.25, -0.2) is 28.8 Å². The maximum absolute atomic E-state index is 14.6. The molecule has 0 radical (unpaired) electrons. The van der Waals surface area contributed by atoms with E-state index in [1.54, 1.807) is 0 Å². The van der Waals surface area contributed by atoms with Crippen LogP contribution in [0.25, 0.3) is 22.3 Å². The van der Waals surface area contributed by atoms with Gasteiger partial charge in [-0.05, 0) is 60.4 Å². The molecule has 2 heterocycles. The Balaban J connectivity index is 1.45. The first kappa shape index (κ1) is 23.9. The number of nitrogens with zero attached hydrogens (tertiary/aromatic N) is 3. The van der Waals surface area contributed by atoms with Crippen LogP contribution in [0.5, 0.6) is 0 Å². The van der Waals surface area contributed by atoms with Gasteiger partial charge in [0.25, 0.3) is 0 Å². The summed E-state index contributed by atoms with van der Waals surface area (Å²) in [6, 6.07) is 17.3. The second kappa shape index (κ2) is 9.36. The molecule has 0 bridgehead atoms. The summed E-state index contributed by atoms with van der Waals surface area (Å²) in [5, 5.41) is 0.885. The smallest absolute Gasteiger partial charge is 0.248 e. The third kappa shape index (κ3) is 4.71. The summed E-state index contributed by atoms with van der Waals surface area (Å²) in [5.41, 5.74) is 3.79. The Labute approximate surface area is 206 Å². The van der Waals surface area contributed by atoms with Gasteiger partial charge in [-0.3, -0.25) is 0 Å². The van der Waals surface area contributed by atoms with Crippen molar-refractivity contribution in [2.45, 2.75) is 31.4 Å². The minimum Gasteiger partial charge on any atom is -0.360 e. The van der Waals surface area contributed by atoms with Gasteiger partial charge < -0.3 is 9.30 Å². The number of hydrogen-bond acceptors (Lipinski definition) is 3. The lowest BCUT2D eigenvalue weighted by Crippen LogP contribution is -2.35. The highest BCUT2D eigenvalue weighted by atomic mass is 32.3. The quantitative estimate of drug-likeness (QED) is 0.279. The summed E-state index contributed by atoms with van der Waals surface area (Å²) in [6.07, 6.45) is 8.52. The molecule has 4 nitrogen and oxygen atoms in total. The topological polar surface area (TPSA) is 39.9 Å². The highest BCUT2D eigenvalue weighted by molar-refractivity contribution is 8.32. The molecule has 2 aromatic heterocycles. The summed E-state index contributed by atoms with van der Waals surface area (Å²) >= 11 is 0. The van der Waals surface area contributed by atoms with Crippen molar-refractivity contribution in [3.8, 4) is 11.3 Å². The molecule has 1 aliphatic rings. The van der Waals surface area contributed by atoms with E-state index in [1.165, 1.54) is 6.33 Å². The average Bonchev–Trinajstić information content (AvgIpc) is 3.44. The van der Waals surface area contributed by atoms with Crippen LogP contribution in [0.4, 0.5) is 8.78 Å². The van der Waals surface area contributed by atoms with Crippen molar-refractivity contribution < 1.29 is 13.5 Å². The van der Waals surface area contributed by atoms with Gasteiger partial charge in [0.05, 0.1) is 17.7 Å². The lowest BCUT2D eigenvalue weighted by atomic mass is 9.77. The summed E-state index contributed by atoms with van der Waals surface area (Å²) < 4.78 is 37.1. The van der Waals surface area contributed by atoms with Gasteiger partial charge in [-0.15, -0.1) is 0 Å². The summed E-state index contributed by atoms with van der Waals surface area (Å²) in [5.74, 6) is 1.05. The molecule has 0 atom stereocenters. The number of benzene rings is 2. The zero-order chi connectivity index (χ0) is 24.6. The first-order valence-corrected chi connectivity index (χ1v) is 14.8. The van der Waals surface area contributed by atoms with Crippen LogP contribution >= 0.6 is 10.0 Å². The predicted octanol–water partition coefficient (Wildman–Crippen LogP) is 6.07. The van der Waals surface area contributed by atoms with E-state index < -0.39 is 21.9 Å². The normalized spacial score (nSPS) is 15.6. The van der Waals surface area contributed by atoms with Crippen LogP contribution in [0.2, 0.25) is 0 Å². The molecule has 2 aromatic carbocycles. The second-order valence-corrected chi connectivity index (χ2v) is 14.8. The molecule has 0 N–H and O–H groups in total. The Morgan fingerprint density at radius 2 is 1.74 bits per heavy atom. The van der Waals surface area contributed by atoms with Crippen LogP contribution in [0.15, 0.2) is 67.1 Å². The largest absolute Gasteiger partial charge is 0.360 e. The minimum atomic E-state index is -2.47. The maximum atomic E-state index is 14.6. The average molecular weight is 496 g/mol. The molecular weight excluding hydrogens is 464 g/mol. The third-order valence-corrected chi connectivity index (χ3v) is 8.28. The first-order valence-electron chi connectivity index (χ1n) is 11.8. The molecule has 0 unspecified atom stereocenters. The van der Waals surface area contributed by atoms with E-state index in [2.05, 4.69) is 28.7 Å². The fourth-order valence-corrected chi connectivity index (χ4v) is 5.53. The van der Waals surface area contributed by atoms with Crippen molar-refractivity contribution in [3.05, 3.63) is 83.8 Å². The van der Waals surface area contributed by atoms with Gasteiger partial charge in [-0.1, -0.05) is 42.5 Å². The van der Waals surface area contributed by atoms with E-state index in [1.807, 2.05) is 65.4 Å². The molecule has 0 amide bonds. The highest BCUT2D eigenvalue weighted by Crippen LogP contribution is 2.45. The van der Waals surface area contributed by atoms with Crippen LogP contribution in [0.1, 0.15) is 16.7 Å². The molecule has 0 aliphatic heterocycles. The van der Waals surface area contributed by atoms with Crippen molar-refractivity contribution >= 4 is 21.1 Å². The van der Waals surface area contributed by atoms with Crippen molar-refractivity contribution in [1.82, 2.24) is 14.5 Å². The molecule has 0 spiro atoms. The lowest BCUT2D eigenvalue weighted by molar-refractivity contribution is 0.0541. The van der Waals surface area contributed by atoms with E-state index in [0.717, 1.165) is 39.2 Å². The number of ether oxygens (including phenoxy) is 1.